The normalized spacial score (nSPS) is 31.5. The van der Waals surface area contributed by atoms with Crippen LogP contribution in [-0.2, 0) is 4.74 Å². The van der Waals surface area contributed by atoms with Crippen LogP contribution in [-0.4, -0.2) is 62.4 Å². The molecule has 9 nitrogen and oxygen atoms in total. The third-order valence-corrected chi connectivity index (χ3v) is 2.58. The highest BCUT2D eigenvalue weighted by atomic mass is 16.7. The summed E-state index contributed by atoms with van der Waals surface area (Å²) in [5.41, 5.74) is 4.99. The largest absolute Gasteiger partial charge is 0.443 e. The zero-order valence-corrected chi connectivity index (χ0v) is 9.18. The van der Waals surface area contributed by atoms with E-state index in [4.69, 9.17) is 20.3 Å². The van der Waals surface area contributed by atoms with Crippen molar-refractivity contribution in [2.24, 2.45) is 5.73 Å². The fourth-order valence-corrected chi connectivity index (χ4v) is 1.62. The van der Waals surface area contributed by atoms with Gasteiger partial charge in [-0.05, 0) is 0 Å². The van der Waals surface area contributed by atoms with Gasteiger partial charge in [-0.3, -0.25) is 4.79 Å². The Hall–Kier alpha value is -1.68. The van der Waals surface area contributed by atoms with Crippen molar-refractivity contribution in [1.29, 1.82) is 0 Å². The van der Waals surface area contributed by atoms with E-state index in [2.05, 4.69) is 9.97 Å². The molecule has 1 amide bonds. The molecule has 2 rings (SSSR count). The second-order valence-electron chi connectivity index (χ2n) is 3.77. The Morgan fingerprint density at radius 2 is 2.28 bits per heavy atom. The summed E-state index contributed by atoms with van der Waals surface area (Å²) in [4.78, 5) is 17.2. The molecule has 0 aromatic carbocycles. The van der Waals surface area contributed by atoms with Gasteiger partial charge in [-0.2, -0.15) is 0 Å². The number of imidazole rings is 1. The standard InChI is InChI=1S/C9H13N3O6/c10-7(16)4-8(12-2-11-4)18-9-6(15)5(14)3(1-13)17-9/h2-3,5-6,9,13-15H,1H2,(H2,10,16)(H,11,12)/t3-,5-,6+,9+/m1/s1. The molecule has 100 valence electrons. The van der Waals surface area contributed by atoms with Crippen molar-refractivity contribution in [1.82, 2.24) is 9.97 Å². The number of aliphatic hydroxyl groups excluding tert-OH is 3. The summed E-state index contributed by atoms with van der Waals surface area (Å²) >= 11 is 0. The minimum Gasteiger partial charge on any atom is -0.443 e. The molecular formula is C9H13N3O6. The van der Waals surface area contributed by atoms with E-state index in [-0.39, 0.29) is 11.6 Å². The number of carbonyl (C=O) groups is 1. The predicted molar refractivity (Wildman–Crippen MR) is 55.5 cm³/mol. The number of nitrogens with zero attached hydrogens (tertiary/aromatic N) is 1. The topological polar surface area (TPSA) is 151 Å². The van der Waals surface area contributed by atoms with Crippen LogP contribution in [0.1, 0.15) is 10.5 Å². The van der Waals surface area contributed by atoms with Gasteiger partial charge in [0.15, 0.2) is 5.69 Å². The zero-order chi connectivity index (χ0) is 13.3. The van der Waals surface area contributed by atoms with E-state index >= 15 is 0 Å². The summed E-state index contributed by atoms with van der Waals surface area (Å²) in [5.74, 6) is -0.924. The molecule has 1 saturated heterocycles. The molecule has 0 radical (unpaired) electrons. The van der Waals surface area contributed by atoms with Crippen LogP contribution in [0.25, 0.3) is 0 Å². The first-order valence-electron chi connectivity index (χ1n) is 5.17. The first-order valence-corrected chi connectivity index (χ1v) is 5.17. The van der Waals surface area contributed by atoms with Gasteiger partial charge in [0, 0.05) is 0 Å². The molecule has 0 aliphatic carbocycles. The quantitative estimate of drug-likeness (QED) is 0.395. The average Bonchev–Trinajstić information content (AvgIpc) is 2.89. The number of aromatic nitrogens is 2. The van der Waals surface area contributed by atoms with Crippen molar-refractivity contribution < 1.29 is 29.6 Å². The van der Waals surface area contributed by atoms with E-state index in [1.165, 1.54) is 6.33 Å². The lowest BCUT2D eigenvalue weighted by molar-refractivity contribution is -0.118. The average molecular weight is 259 g/mol. The van der Waals surface area contributed by atoms with Gasteiger partial charge in [0.05, 0.1) is 12.9 Å². The summed E-state index contributed by atoms with van der Waals surface area (Å²) in [7, 11) is 0. The molecule has 1 aromatic rings. The number of hydrogen-bond acceptors (Lipinski definition) is 7. The van der Waals surface area contributed by atoms with E-state index in [0.717, 1.165) is 0 Å². The van der Waals surface area contributed by atoms with Crippen molar-refractivity contribution >= 4 is 5.91 Å². The zero-order valence-electron chi connectivity index (χ0n) is 9.18. The summed E-state index contributed by atoms with van der Waals surface area (Å²) in [6.07, 6.45) is -3.65. The van der Waals surface area contributed by atoms with Crippen LogP contribution in [0.2, 0.25) is 0 Å². The molecule has 0 saturated carbocycles. The molecular weight excluding hydrogens is 246 g/mol. The molecule has 18 heavy (non-hydrogen) atoms. The molecule has 0 unspecified atom stereocenters. The highest BCUT2D eigenvalue weighted by Crippen LogP contribution is 2.24. The Bertz CT molecular complexity index is 436. The smallest absolute Gasteiger partial charge is 0.270 e. The number of aromatic amines is 1. The van der Waals surface area contributed by atoms with Crippen LogP contribution in [0, 0.1) is 0 Å². The lowest BCUT2D eigenvalue weighted by Gasteiger charge is -2.15. The molecule has 1 aromatic heterocycles. The predicted octanol–water partition coefficient (Wildman–Crippen LogP) is -2.67. The highest BCUT2D eigenvalue weighted by Gasteiger charge is 2.44. The van der Waals surface area contributed by atoms with Crippen LogP contribution < -0.4 is 10.5 Å². The lowest BCUT2D eigenvalue weighted by atomic mass is 10.1. The number of hydrogen-bond donors (Lipinski definition) is 5. The lowest BCUT2D eigenvalue weighted by Crippen LogP contribution is -2.36. The van der Waals surface area contributed by atoms with E-state index < -0.39 is 37.1 Å². The fourth-order valence-electron chi connectivity index (χ4n) is 1.62. The summed E-state index contributed by atoms with van der Waals surface area (Å²) in [6, 6.07) is 0. The molecule has 9 heteroatoms. The number of ether oxygens (including phenoxy) is 2. The number of rotatable bonds is 4. The number of amides is 1. The molecule has 0 spiro atoms. The minimum absolute atomic E-state index is 0.0762. The maximum absolute atomic E-state index is 11.0. The van der Waals surface area contributed by atoms with Crippen molar-refractivity contribution in [2.45, 2.75) is 24.6 Å². The molecule has 4 atom stereocenters. The van der Waals surface area contributed by atoms with Gasteiger partial charge >= 0.3 is 0 Å². The molecule has 0 bridgehead atoms. The van der Waals surface area contributed by atoms with Crippen molar-refractivity contribution in [2.75, 3.05) is 6.61 Å². The Morgan fingerprint density at radius 1 is 1.56 bits per heavy atom. The summed E-state index contributed by atoms with van der Waals surface area (Å²) < 4.78 is 10.2. The SMILES string of the molecule is NC(=O)c1[nH]cnc1O[C@@H]1O[C@H](CO)[C@@H](O)[C@@H]1O. The van der Waals surface area contributed by atoms with E-state index in [1.54, 1.807) is 0 Å². The van der Waals surface area contributed by atoms with Gasteiger partial charge in [-0.1, -0.05) is 0 Å². The van der Waals surface area contributed by atoms with Crippen molar-refractivity contribution in [3.63, 3.8) is 0 Å². The highest BCUT2D eigenvalue weighted by molar-refractivity contribution is 5.93. The number of primary amides is 1. The second-order valence-corrected chi connectivity index (χ2v) is 3.77. The fraction of sp³-hybridized carbons (Fsp3) is 0.556. The summed E-state index contributed by atoms with van der Waals surface area (Å²) in [6.45, 7) is -0.471. The van der Waals surface area contributed by atoms with Gasteiger partial charge in [-0.25, -0.2) is 4.98 Å². The molecule has 1 aliphatic heterocycles. The molecule has 2 heterocycles. The van der Waals surface area contributed by atoms with Crippen LogP contribution in [0.5, 0.6) is 5.88 Å². The maximum Gasteiger partial charge on any atom is 0.270 e. The summed E-state index contributed by atoms with van der Waals surface area (Å²) in [5, 5.41) is 28.0. The Labute approximate surface area is 101 Å². The van der Waals surface area contributed by atoms with Crippen LogP contribution in [0.15, 0.2) is 6.33 Å². The third-order valence-electron chi connectivity index (χ3n) is 2.58. The van der Waals surface area contributed by atoms with E-state index in [1.807, 2.05) is 0 Å². The van der Waals surface area contributed by atoms with Crippen LogP contribution in [0.4, 0.5) is 0 Å². The van der Waals surface area contributed by atoms with E-state index in [9.17, 15) is 15.0 Å². The Kier molecular flexibility index (Phi) is 3.48. The number of aliphatic hydroxyl groups is 3. The third kappa shape index (κ3) is 2.16. The Morgan fingerprint density at radius 3 is 2.83 bits per heavy atom. The van der Waals surface area contributed by atoms with Gasteiger partial charge in [0.1, 0.15) is 18.3 Å². The maximum atomic E-state index is 11.0. The molecule has 6 N–H and O–H groups in total. The molecule has 1 fully saturated rings. The van der Waals surface area contributed by atoms with Gasteiger partial charge in [0.2, 0.25) is 12.2 Å². The number of H-pyrrole nitrogens is 1. The number of nitrogens with one attached hydrogen (secondary N) is 1. The van der Waals surface area contributed by atoms with Crippen LogP contribution >= 0.6 is 0 Å². The number of carbonyl (C=O) groups excluding carboxylic acids is 1. The van der Waals surface area contributed by atoms with Crippen molar-refractivity contribution in [3.8, 4) is 5.88 Å². The first kappa shape index (κ1) is 12.8. The van der Waals surface area contributed by atoms with Crippen molar-refractivity contribution in [3.05, 3.63) is 12.0 Å². The first-order chi connectivity index (χ1) is 8.54. The van der Waals surface area contributed by atoms with E-state index in [0.29, 0.717) is 0 Å². The monoisotopic (exact) mass is 259 g/mol. The van der Waals surface area contributed by atoms with Crippen LogP contribution in [0.3, 0.4) is 0 Å². The second kappa shape index (κ2) is 4.90. The molecule has 1 aliphatic rings. The van der Waals surface area contributed by atoms with Gasteiger partial charge < -0.3 is 35.5 Å². The number of nitrogens with two attached hydrogens (primary N) is 1. The Balaban J connectivity index is 2.10. The minimum atomic E-state index is -1.36. The van der Waals surface area contributed by atoms with Gasteiger partial charge in [0.25, 0.3) is 5.91 Å². The van der Waals surface area contributed by atoms with Gasteiger partial charge in [-0.15, -0.1) is 0 Å².